The second-order valence-corrected chi connectivity index (χ2v) is 3.54. The molecule has 0 saturated heterocycles. The Bertz CT molecular complexity index is 276. The molecule has 0 bridgehead atoms. The number of hydrogen-bond donors (Lipinski definition) is 2. The van der Waals surface area contributed by atoms with Gasteiger partial charge in [0, 0.05) is 11.6 Å². The van der Waals surface area contributed by atoms with E-state index in [1.54, 1.807) is 18.2 Å². The van der Waals surface area contributed by atoms with Crippen LogP contribution in [0.5, 0.6) is 0 Å². The summed E-state index contributed by atoms with van der Waals surface area (Å²) in [5.41, 5.74) is 6.23. The summed E-state index contributed by atoms with van der Waals surface area (Å²) in [7, 11) is 0. The number of nitrogens with one attached hydrogen (secondary N) is 1. The maximum Gasteiger partial charge on any atom is 0.0638 e. The molecule has 0 radical (unpaired) electrons. The van der Waals surface area contributed by atoms with Crippen LogP contribution < -0.4 is 11.1 Å². The van der Waals surface area contributed by atoms with Gasteiger partial charge in [-0.2, -0.15) is 0 Å². The first kappa shape index (κ1) is 10.6. The Hall–Kier alpha value is -0.440. The highest BCUT2D eigenvalue weighted by molar-refractivity contribution is 6.35. The lowest BCUT2D eigenvalue weighted by molar-refractivity contribution is 0.874. The molecule has 2 nitrogen and oxygen atoms in total. The van der Waals surface area contributed by atoms with Gasteiger partial charge in [-0.3, -0.25) is 0 Å². The van der Waals surface area contributed by atoms with Gasteiger partial charge in [0.2, 0.25) is 0 Å². The molecule has 0 aliphatic heterocycles. The second kappa shape index (κ2) is 5.32. The Morgan fingerprint density at radius 1 is 1.31 bits per heavy atom. The van der Waals surface area contributed by atoms with Gasteiger partial charge in [-0.25, -0.2) is 0 Å². The van der Waals surface area contributed by atoms with E-state index in [0.717, 1.165) is 18.7 Å². The summed E-state index contributed by atoms with van der Waals surface area (Å²) in [6, 6.07) is 5.34. The molecule has 1 aromatic rings. The van der Waals surface area contributed by atoms with Gasteiger partial charge in [0.05, 0.1) is 10.7 Å². The molecule has 0 aliphatic carbocycles. The van der Waals surface area contributed by atoms with E-state index in [2.05, 4.69) is 5.32 Å². The molecule has 0 saturated carbocycles. The van der Waals surface area contributed by atoms with E-state index < -0.39 is 0 Å². The topological polar surface area (TPSA) is 38.0 Å². The minimum absolute atomic E-state index is 0.672. The molecule has 0 amide bonds. The van der Waals surface area contributed by atoms with E-state index in [4.69, 9.17) is 28.9 Å². The summed E-state index contributed by atoms with van der Waals surface area (Å²) < 4.78 is 0. The zero-order valence-electron chi connectivity index (χ0n) is 7.19. The quantitative estimate of drug-likeness (QED) is 0.764. The fourth-order valence-electron chi connectivity index (χ4n) is 0.958. The summed E-state index contributed by atoms with van der Waals surface area (Å²) >= 11 is 11.7. The fourth-order valence-corrected chi connectivity index (χ4v) is 1.31. The van der Waals surface area contributed by atoms with Crippen molar-refractivity contribution in [1.82, 2.24) is 0 Å². The van der Waals surface area contributed by atoms with Gasteiger partial charge in [-0.1, -0.05) is 23.2 Å². The monoisotopic (exact) mass is 218 g/mol. The molecule has 0 spiro atoms. The van der Waals surface area contributed by atoms with E-state index in [1.165, 1.54) is 0 Å². The number of nitrogens with two attached hydrogens (primary N) is 1. The summed E-state index contributed by atoms with van der Waals surface area (Å²) in [6.07, 6.45) is 0.919. The largest absolute Gasteiger partial charge is 0.384 e. The van der Waals surface area contributed by atoms with Crippen LogP contribution in [-0.2, 0) is 0 Å². The Kier molecular flexibility index (Phi) is 4.36. The van der Waals surface area contributed by atoms with Crippen molar-refractivity contribution in [3.05, 3.63) is 28.2 Å². The van der Waals surface area contributed by atoms with Crippen molar-refractivity contribution >= 4 is 28.9 Å². The highest BCUT2D eigenvalue weighted by Crippen LogP contribution is 2.25. The number of halogens is 2. The molecule has 1 aromatic carbocycles. The highest BCUT2D eigenvalue weighted by atomic mass is 35.5. The molecule has 4 heteroatoms. The summed E-state index contributed by atoms with van der Waals surface area (Å²) in [5, 5.41) is 4.52. The van der Waals surface area contributed by atoms with Crippen molar-refractivity contribution in [3.8, 4) is 0 Å². The van der Waals surface area contributed by atoms with Crippen LogP contribution in [0.2, 0.25) is 10.0 Å². The lowest BCUT2D eigenvalue weighted by Crippen LogP contribution is -2.08. The van der Waals surface area contributed by atoms with Crippen LogP contribution in [0.25, 0.3) is 0 Å². The van der Waals surface area contributed by atoms with Crippen LogP contribution in [0.3, 0.4) is 0 Å². The van der Waals surface area contributed by atoms with Crippen LogP contribution in [0.15, 0.2) is 18.2 Å². The molecular weight excluding hydrogens is 207 g/mol. The minimum atomic E-state index is 0.672. The molecular formula is C9H12Cl2N2. The molecule has 0 unspecified atom stereocenters. The molecule has 1 rings (SSSR count). The highest BCUT2D eigenvalue weighted by Gasteiger charge is 1.99. The van der Waals surface area contributed by atoms with Crippen molar-refractivity contribution in [2.75, 3.05) is 18.4 Å². The summed E-state index contributed by atoms with van der Waals surface area (Å²) in [5.74, 6) is 0. The van der Waals surface area contributed by atoms with Gasteiger partial charge in [0.25, 0.3) is 0 Å². The lowest BCUT2D eigenvalue weighted by atomic mass is 10.3. The van der Waals surface area contributed by atoms with Crippen LogP contribution in [0, 0.1) is 0 Å². The van der Waals surface area contributed by atoms with Crippen LogP contribution >= 0.6 is 23.2 Å². The van der Waals surface area contributed by atoms with Crippen molar-refractivity contribution in [3.63, 3.8) is 0 Å². The minimum Gasteiger partial charge on any atom is -0.384 e. The molecule has 72 valence electrons. The Labute approximate surface area is 88.0 Å². The van der Waals surface area contributed by atoms with E-state index in [9.17, 15) is 0 Å². The maximum absolute atomic E-state index is 5.92. The molecule has 0 aliphatic rings. The van der Waals surface area contributed by atoms with Crippen LogP contribution in [-0.4, -0.2) is 13.1 Å². The molecule has 0 atom stereocenters. The van der Waals surface area contributed by atoms with E-state index >= 15 is 0 Å². The molecule has 3 N–H and O–H groups in total. The third-order valence-electron chi connectivity index (χ3n) is 1.62. The molecule has 13 heavy (non-hydrogen) atoms. The Morgan fingerprint density at radius 2 is 2.08 bits per heavy atom. The van der Waals surface area contributed by atoms with Crippen molar-refractivity contribution < 1.29 is 0 Å². The Balaban J connectivity index is 2.59. The van der Waals surface area contributed by atoms with E-state index in [0.29, 0.717) is 16.6 Å². The average Bonchev–Trinajstić information content (AvgIpc) is 2.11. The van der Waals surface area contributed by atoms with E-state index in [1.807, 2.05) is 0 Å². The lowest BCUT2D eigenvalue weighted by Gasteiger charge is -2.07. The predicted octanol–water partition coefficient (Wildman–Crippen LogP) is 2.75. The third kappa shape index (κ3) is 3.43. The van der Waals surface area contributed by atoms with Crippen molar-refractivity contribution in [1.29, 1.82) is 0 Å². The van der Waals surface area contributed by atoms with Gasteiger partial charge in [0.1, 0.15) is 0 Å². The first-order valence-electron chi connectivity index (χ1n) is 4.13. The summed E-state index contributed by atoms with van der Waals surface area (Å²) in [4.78, 5) is 0. The van der Waals surface area contributed by atoms with Gasteiger partial charge >= 0.3 is 0 Å². The number of hydrogen-bond acceptors (Lipinski definition) is 2. The van der Waals surface area contributed by atoms with Crippen molar-refractivity contribution in [2.24, 2.45) is 5.73 Å². The molecule has 0 fully saturated rings. The van der Waals surface area contributed by atoms with Gasteiger partial charge in [-0.05, 0) is 31.2 Å². The smallest absolute Gasteiger partial charge is 0.0638 e. The summed E-state index contributed by atoms with van der Waals surface area (Å²) in [6.45, 7) is 1.49. The average molecular weight is 219 g/mol. The van der Waals surface area contributed by atoms with Gasteiger partial charge in [0.15, 0.2) is 0 Å². The predicted molar refractivity (Wildman–Crippen MR) is 58.6 cm³/mol. The number of rotatable bonds is 4. The van der Waals surface area contributed by atoms with E-state index in [-0.39, 0.29) is 0 Å². The second-order valence-electron chi connectivity index (χ2n) is 2.69. The van der Waals surface area contributed by atoms with Crippen LogP contribution in [0.4, 0.5) is 5.69 Å². The Morgan fingerprint density at radius 3 is 2.77 bits per heavy atom. The zero-order valence-corrected chi connectivity index (χ0v) is 8.70. The number of benzene rings is 1. The van der Waals surface area contributed by atoms with Crippen molar-refractivity contribution in [2.45, 2.75) is 6.42 Å². The maximum atomic E-state index is 5.92. The first-order valence-corrected chi connectivity index (χ1v) is 4.88. The fraction of sp³-hybridized carbons (Fsp3) is 0.333. The number of anilines is 1. The molecule has 0 aromatic heterocycles. The molecule has 0 heterocycles. The normalized spacial score (nSPS) is 10.1. The first-order chi connectivity index (χ1) is 6.24. The SMILES string of the molecule is NCCCNc1cc(Cl)ccc1Cl. The standard InChI is InChI=1S/C9H12Cl2N2/c10-7-2-3-8(11)9(6-7)13-5-1-4-12/h2-3,6,13H,1,4-5,12H2. The van der Waals surface area contributed by atoms with Gasteiger partial charge in [-0.15, -0.1) is 0 Å². The van der Waals surface area contributed by atoms with Crippen LogP contribution in [0.1, 0.15) is 6.42 Å². The zero-order chi connectivity index (χ0) is 9.68. The van der Waals surface area contributed by atoms with Gasteiger partial charge < -0.3 is 11.1 Å². The third-order valence-corrected chi connectivity index (χ3v) is 2.19.